The summed E-state index contributed by atoms with van der Waals surface area (Å²) in [5, 5.41) is 11.6. The molecule has 0 aliphatic rings. The lowest BCUT2D eigenvalue weighted by Gasteiger charge is -2.06. The Morgan fingerprint density at radius 2 is 2.00 bits per heavy atom. The van der Waals surface area contributed by atoms with E-state index < -0.39 is 5.97 Å². The molecule has 0 fully saturated rings. The minimum absolute atomic E-state index is 0.0205. The van der Waals surface area contributed by atoms with Gasteiger partial charge in [-0.15, -0.1) is 0 Å². The van der Waals surface area contributed by atoms with Crippen LogP contribution in [0.5, 0.6) is 0 Å². The van der Waals surface area contributed by atoms with Gasteiger partial charge in [0.05, 0.1) is 5.56 Å². The van der Waals surface area contributed by atoms with Crippen LogP contribution in [0.25, 0.3) is 0 Å². The molecule has 0 saturated heterocycles. The molecule has 0 atom stereocenters. The Kier molecular flexibility index (Phi) is 4.51. The highest BCUT2D eigenvalue weighted by atomic mass is 16.4. The summed E-state index contributed by atoms with van der Waals surface area (Å²) in [4.78, 5) is 21.9. The molecule has 2 N–H and O–H groups in total. The molecule has 0 aliphatic heterocycles. The van der Waals surface area contributed by atoms with Gasteiger partial charge in [0.2, 0.25) is 5.91 Å². The van der Waals surface area contributed by atoms with Crippen molar-refractivity contribution in [1.82, 2.24) is 5.32 Å². The molecule has 4 nitrogen and oxygen atoms in total. The maximum absolute atomic E-state index is 11.0. The van der Waals surface area contributed by atoms with Crippen LogP contribution < -0.4 is 5.32 Å². The van der Waals surface area contributed by atoms with Crippen molar-refractivity contribution in [3.63, 3.8) is 0 Å². The van der Waals surface area contributed by atoms with Crippen LogP contribution in [0.2, 0.25) is 0 Å². The zero-order valence-corrected chi connectivity index (χ0v) is 9.19. The molecule has 1 aromatic carbocycles. The number of benzene rings is 1. The van der Waals surface area contributed by atoms with Gasteiger partial charge in [-0.1, -0.05) is 25.1 Å². The van der Waals surface area contributed by atoms with Gasteiger partial charge in [0.25, 0.3) is 0 Å². The van der Waals surface area contributed by atoms with Crippen molar-refractivity contribution in [2.45, 2.75) is 19.8 Å². The van der Waals surface area contributed by atoms with Crippen LogP contribution in [0.3, 0.4) is 0 Å². The van der Waals surface area contributed by atoms with Crippen LogP contribution in [-0.2, 0) is 11.2 Å². The molecule has 0 bridgehead atoms. The Bertz CT molecular complexity index is 388. The lowest BCUT2D eigenvalue weighted by atomic mass is 10.0. The molecule has 0 heterocycles. The zero-order valence-electron chi connectivity index (χ0n) is 9.19. The summed E-state index contributed by atoms with van der Waals surface area (Å²) in [6, 6.07) is 6.82. The molecular weight excluding hydrogens is 206 g/mol. The molecule has 1 rings (SSSR count). The number of aromatic carboxylic acids is 1. The van der Waals surface area contributed by atoms with E-state index in [1.165, 1.54) is 0 Å². The summed E-state index contributed by atoms with van der Waals surface area (Å²) in [7, 11) is 0. The van der Waals surface area contributed by atoms with Gasteiger partial charge in [-0.2, -0.15) is 0 Å². The first kappa shape index (κ1) is 12.2. The molecule has 1 amide bonds. The van der Waals surface area contributed by atoms with Gasteiger partial charge in [-0.05, 0) is 18.1 Å². The SMILES string of the molecule is CCC(=O)NCCc1ccccc1C(=O)O. The topological polar surface area (TPSA) is 66.4 Å². The second-order valence-corrected chi connectivity index (χ2v) is 3.42. The molecule has 86 valence electrons. The monoisotopic (exact) mass is 221 g/mol. The van der Waals surface area contributed by atoms with E-state index in [1.807, 2.05) is 0 Å². The predicted octanol–water partition coefficient (Wildman–Crippen LogP) is 1.45. The van der Waals surface area contributed by atoms with Gasteiger partial charge in [-0.3, -0.25) is 4.79 Å². The molecule has 16 heavy (non-hydrogen) atoms. The van der Waals surface area contributed by atoms with E-state index in [0.717, 1.165) is 5.56 Å². The van der Waals surface area contributed by atoms with Crippen LogP contribution in [-0.4, -0.2) is 23.5 Å². The molecule has 0 aromatic heterocycles. The number of hydrogen-bond donors (Lipinski definition) is 2. The molecule has 4 heteroatoms. The fourth-order valence-corrected chi connectivity index (χ4v) is 1.41. The Morgan fingerprint density at radius 1 is 1.31 bits per heavy atom. The summed E-state index contributed by atoms with van der Waals surface area (Å²) in [5.41, 5.74) is 1.04. The fraction of sp³-hybridized carbons (Fsp3) is 0.333. The average molecular weight is 221 g/mol. The van der Waals surface area contributed by atoms with Crippen molar-refractivity contribution < 1.29 is 14.7 Å². The summed E-state index contributed by atoms with van der Waals surface area (Å²) >= 11 is 0. The van der Waals surface area contributed by atoms with Crippen LogP contribution >= 0.6 is 0 Å². The molecular formula is C12H15NO3. The maximum atomic E-state index is 11.0. The van der Waals surface area contributed by atoms with Crippen molar-refractivity contribution in [3.05, 3.63) is 35.4 Å². The molecule has 0 spiro atoms. The molecule has 1 aromatic rings. The normalized spacial score (nSPS) is 9.81. The van der Waals surface area contributed by atoms with E-state index in [9.17, 15) is 9.59 Å². The lowest BCUT2D eigenvalue weighted by Crippen LogP contribution is -2.25. The number of carboxylic acid groups (broad SMARTS) is 1. The quantitative estimate of drug-likeness (QED) is 0.790. The first-order valence-corrected chi connectivity index (χ1v) is 5.23. The first-order valence-electron chi connectivity index (χ1n) is 5.23. The predicted molar refractivity (Wildman–Crippen MR) is 60.4 cm³/mol. The molecule has 0 unspecified atom stereocenters. The number of amides is 1. The summed E-state index contributed by atoms with van der Waals surface area (Å²) in [6.45, 7) is 2.25. The van der Waals surface area contributed by atoms with Gasteiger partial charge < -0.3 is 10.4 Å². The van der Waals surface area contributed by atoms with E-state index in [1.54, 1.807) is 31.2 Å². The Morgan fingerprint density at radius 3 is 2.62 bits per heavy atom. The number of carboxylic acids is 1. The number of carbonyl (C=O) groups is 2. The largest absolute Gasteiger partial charge is 0.478 e. The smallest absolute Gasteiger partial charge is 0.335 e. The van der Waals surface area contributed by atoms with Crippen molar-refractivity contribution in [1.29, 1.82) is 0 Å². The van der Waals surface area contributed by atoms with Gasteiger partial charge in [0.1, 0.15) is 0 Å². The highest BCUT2D eigenvalue weighted by Crippen LogP contribution is 2.08. The lowest BCUT2D eigenvalue weighted by molar-refractivity contribution is -0.120. The van der Waals surface area contributed by atoms with Crippen LogP contribution in [0, 0.1) is 0 Å². The summed E-state index contributed by atoms with van der Waals surface area (Å²) in [6.07, 6.45) is 0.981. The van der Waals surface area contributed by atoms with Gasteiger partial charge >= 0.3 is 5.97 Å². The third-order valence-corrected chi connectivity index (χ3v) is 2.29. The standard InChI is InChI=1S/C12H15NO3/c1-2-11(14)13-8-7-9-5-3-4-6-10(9)12(15)16/h3-6H,2,7-8H2,1H3,(H,13,14)(H,15,16). The number of rotatable bonds is 5. The van der Waals surface area contributed by atoms with Crippen LogP contribution in [0.4, 0.5) is 0 Å². The minimum Gasteiger partial charge on any atom is -0.478 e. The Balaban J connectivity index is 2.60. The third kappa shape index (κ3) is 3.38. The Labute approximate surface area is 94.3 Å². The van der Waals surface area contributed by atoms with E-state index in [2.05, 4.69) is 5.32 Å². The van der Waals surface area contributed by atoms with Crippen LogP contribution in [0.1, 0.15) is 29.3 Å². The molecule has 0 saturated carbocycles. The Hall–Kier alpha value is -1.84. The van der Waals surface area contributed by atoms with E-state index >= 15 is 0 Å². The van der Waals surface area contributed by atoms with Gasteiger partial charge in [0, 0.05) is 13.0 Å². The number of nitrogens with one attached hydrogen (secondary N) is 1. The average Bonchev–Trinajstić information content (AvgIpc) is 2.29. The van der Waals surface area contributed by atoms with E-state index in [0.29, 0.717) is 24.9 Å². The van der Waals surface area contributed by atoms with Crippen molar-refractivity contribution in [3.8, 4) is 0 Å². The van der Waals surface area contributed by atoms with E-state index in [4.69, 9.17) is 5.11 Å². The first-order chi connectivity index (χ1) is 7.65. The minimum atomic E-state index is -0.933. The van der Waals surface area contributed by atoms with Crippen molar-refractivity contribution in [2.75, 3.05) is 6.54 Å². The number of hydrogen-bond acceptors (Lipinski definition) is 2. The maximum Gasteiger partial charge on any atom is 0.335 e. The van der Waals surface area contributed by atoms with Crippen molar-refractivity contribution in [2.24, 2.45) is 0 Å². The molecule has 0 radical (unpaired) electrons. The highest BCUT2D eigenvalue weighted by molar-refractivity contribution is 5.89. The second-order valence-electron chi connectivity index (χ2n) is 3.42. The number of carbonyl (C=O) groups excluding carboxylic acids is 1. The van der Waals surface area contributed by atoms with E-state index in [-0.39, 0.29) is 5.91 Å². The summed E-state index contributed by atoms with van der Waals surface area (Å²) < 4.78 is 0. The zero-order chi connectivity index (χ0) is 12.0. The molecule has 0 aliphatic carbocycles. The highest BCUT2D eigenvalue weighted by Gasteiger charge is 2.08. The fourth-order valence-electron chi connectivity index (χ4n) is 1.41. The van der Waals surface area contributed by atoms with Gasteiger partial charge in [0.15, 0.2) is 0 Å². The van der Waals surface area contributed by atoms with Gasteiger partial charge in [-0.25, -0.2) is 4.79 Å². The van der Waals surface area contributed by atoms with Crippen LogP contribution in [0.15, 0.2) is 24.3 Å². The van der Waals surface area contributed by atoms with Crippen molar-refractivity contribution >= 4 is 11.9 Å². The third-order valence-electron chi connectivity index (χ3n) is 2.29. The summed E-state index contributed by atoms with van der Waals surface area (Å²) in [5.74, 6) is -0.953. The second kappa shape index (κ2) is 5.90.